The van der Waals surface area contributed by atoms with E-state index in [0.29, 0.717) is 17.4 Å². The normalized spacial score (nSPS) is 11.5. The highest BCUT2D eigenvalue weighted by atomic mass is 79.9. The minimum Gasteiger partial charge on any atom is -0.481 e. The summed E-state index contributed by atoms with van der Waals surface area (Å²) in [7, 11) is 0. The van der Waals surface area contributed by atoms with Crippen molar-refractivity contribution in [3.05, 3.63) is 59.1 Å². The molecule has 0 fully saturated rings. The Labute approximate surface area is 169 Å². The van der Waals surface area contributed by atoms with E-state index in [1.165, 1.54) is 6.92 Å². The van der Waals surface area contributed by atoms with Gasteiger partial charge in [0.05, 0.1) is 5.52 Å². The molecule has 3 aromatic rings. The number of hydrogen-bond acceptors (Lipinski definition) is 6. The zero-order chi connectivity index (χ0) is 20.1. The summed E-state index contributed by atoms with van der Waals surface area (Å²) in [5.41, 5.74) is 2.83. The molecule has 0 saturated heterocycles. The summed E-state index contributed by atoms with van der Waals surface area (Å²) in [6.07, 6.45) is -0.841. The fourth-order valence-corrected chi connectivity index (χ4v) is 2.65. The van der Waals surface area contributed by atoms with Crippen molar-refractivity contribution in [2.45, 2.75) is 20.0 Å². The van der Waals surface area contributed by atoms with Gasteiger partial charge in [-0.3, -0.25) is 9.59 Å². The molecule has 0 aliphatic heterocycles. The fraction of sp³-hybridized carbons (Fsp3) is 0.150. The summed E-state index contributed by atoms with van der Waals surface area (Å²) >= 11 is 3.43. The first-order chi connectivity index (χ1) is 13.4. The van der Waals surface area contributed by atoms with Crippen LogP contribution in [0.3, 0.4) is 0 Å². The summed E-state index contributed by atoms with van der Waals surface area (Å²) in [6.45, 7) is 2.73. The third-order valence-corrected chi connectivity index (χ3v) is 4.15. The summed E-state index contributed by atoms with van der Waals surface area (Å²) in [5, 5.41) is 1.01. The van der Waals surface area contributed by atoms with E-state index in [9.17, 15) is 9.59 Å². The van der Waals surface area contributed by atoms with Crippen molar-refractivity contribution in [1.82, 2.24) is 10.5 Å². The zero-order valence-electron chi connectivity index (χ0n) is 15.1. The van der Waals surface area contributed by atoms with E-state index < -0.39 is 18.0 Å². The quantitative estimate of drug-likeness (QED) is 0.594. The number of rotatable bonds is 5. The average molecular weight is 445 g/mol. The van der Waals surface area contributed by atoms with E-state index in [1.54, 1.807) is 37.3 Å². The molecule has 8 heteroatoms. The summed E-state index contributed by atoms with van der Waals surface area (Å²) in [5.74, 6) is 0.326. The highest BCUT2D eigenvalue weighted by molar-refractivity contribution is 9.10. The number of nitrogens with one attached hydrogen (secondary N) is 1. The first-order valence-electron chi connectivity index (χ1n) is 8.39. The molecule has 0 saturated carbocycles. The molecule has 1 atom stereocenters. The number of fused-ring (bicyclic) bond motifs is 1. The molecule has 1 amide bonds. The van der Waals surface area contributed by atoms with Crippen molar-refractivity contribution in [1.29, 1.82) is 0 Å². The van der Waals surface area contributed by atoms with Crippen molar-refractivity contribution in [3.8, 4) is 17.4 Å². The standard InChI is InChI=1S/C20H17BrN2O5/c1-12(20(25)23-28-13(2)24)26-16-6-8-17(9-7-16)27-19-10-4-14-3-5-15(21)11-18(14)22-19/h3-12H,1-2H3,(H,23,25)/t12-/m1/s1. The van der Waals surface area contributed by atoms with Gasteiger partial charge in [0, 0.05) is 22.8 Å². The monoisotopic (exact) mass is 444 g/mol. The second kappa shape index (κ2) is 8.71. The number of pyridine rings is 1. The van der Waals surface area contributed by atoms with Crippen LogP contribution in [0.5, 0.6) is 17.4 Å². The van der Waals surface area contributed by atoms with E-state index in [4.69, 9.17) is 9.47 Å². The molecule has 2 aromatic carbocycles. The average Bonchev–Trinajstić information content (AvgIpc) is 2.67. The Morgan fingerprint density at radius 1 is 1.04 bits per heavy atom. The van der Waals surface area contributed by atoms with Crippen LogP contribution in [0.1, 0.15) is 13.8 Å². The number of aromatic nitrogens is 1. The molecule has 1 aromatic heterocycles. The van der Waals surface area contributed by atoms with Crippen LogP contribution in [-0.2, 0) is 14.4 Å². The lowest BCUT2D eigenvalue weighted by Gasteiger charge is -2.14. The van der Waals surface area contributed by atoms with Crippen LogP contribution in [0.2, 0.25) is 0 Å². The Morgan fingerprint density at radius 3 is 2.43 bits per heavy atom. The van der Waals surface area contributed by atoms with Crippen LogP contribution >= 0.6 is 15.9 Å². The lowest BCUT2D eigenvalue weighted by Crippen LogP contribution is -2.37. The van der Waals surface area contributed by atoms with Crippen LogP contribution in [-0.4, -0.2) is 23.0 Å². The molecule has 1 N–H and O–H groups in total. The predicted octanol–water partition coefficient (Wildman–Crippen LogP) is 4.15. The number of hydrogen-bond donors (Lipinski definition) is 1. The van der Waals surface area contributed by atoms with Gasteiger partial charge in [0.1, 0.15) is 11.5 Å². The van der Waals surface area contributed by atoms with E-state index in [1.807, 2.05) is 29.7 Å². The van der Waals surface area contributed by atoms with Gasteiger partial charge in [-0.2, -0.15) is 5.48 Å². The van der Waals surface area contributed by atoms with Crippen LogP contribution in [0.25, 0.3) is 10.9 Å². The van der Waals surface area contributed by atoms with Gasteiger partial charge in [0.15, 0.2) is 6.10 Å². The molecular weight excluding hydrogens is 428 g/mol. The van der Waals surface area contributed by atoms with E-state index in [0.717, 1.165) is 15.4 Å². The maximum absolute atomic E-state index is 11.7. The molecule has 3 rings (SSSR count). The third-order valence-electron chi connectivity index (χ3n) is 3.65. The Bertz CT molecular complexity index is 1010. The summed E-state index contributed by atoms with van der Waals surface area (Å²) in [4.78, 5) is 31.4. The third kappa shape index (κ3) is 5.20. The molecule has 1 heterocycles. The molecule has 0 aliphatic carbocycles. The molecule has 28 heavy (non-hydrogen) atoms. The number of halogens is 1. The SMILES string of the molecule is CC(=O)ONC(=O)[C@@H](C)Oc1ccc(Oc2ccc3ccc(Br)cc3n2)cc1. The molecule has 0 unspecified atom stereocenters. The van der Waals surface area contributed by atoms with Crippen LogP contribution < -0.4 is 15.0 Å². The number of carbonyl (C=O) groups excluding carboxylic acids is 2. The van der Waals surface area contributed by atoms with Gasteiger partial charge >= 0.3 is 5.97 Å². The van der Waals surface area contributed by atoms with Gasteiger partial charge in [-0.15, -0.1) is 0 Å². The van der Waals surface area contributed by atoms with E-state index in [2.05, 4.69) is 25.8 Å². The molecule has 0 aliphatic rings. The second-order valence-corrected chi connectivity index (χ2v) is 6.80. The van der Waals surface area contributed by atoms with Gasteiger partial charge in [-0.1, -0.05) is 22.0 Å². The Morgan fingerprint density at radius 2 is 1.71 bits per heavy atom. The number of ether oxygens (including phenoxy) is 2. The topological polar surface area (TPSA) is 86.8 Å². The first-order valence-corrected chi connectivity index (χ1v) is 9.18. The first kappa shape index (κ1) is 19.6. The van der Waals surface area contributed by atoms with Gasteiger partial charge in [0.25, 0.3) is 5.91 Å². The van der Waals surface area contributed by atoms with Crippen molar-refractivity contribution in [2.24, 2.45) is 0 Å². The zero-order valence-corrected chi connectivity index (χ0v) is 16.7. The molecule has 7 nitrogen and oxygen atoms in total. The highest BCUT2D eigenvalue weighted by Gasteiger charge is 2.15. The Balaban J connectivity index is 1.62. The molecule has 0 radical (unpaired) electrons. The number of hydroxylamine groups is 1. The largest absolute Gasteiger partial charge is 0.481 e. The summed E-state index contributed by atoms with van der Waals surface area (Å²) < 4.78 is 12.2. The number of benzene rings is 2. The van der Waals surface area contributed by atoms with Crippen LogP contribution in [0.4, 0.5) is 0 Å². The lowest BCUT2D eigenvalue weighted by molar-refractivity contribution is -0.158. The number of nitrogens with zero attached hydrogens (tertiary/aromatic N) is 1. The summed E-state index contributed by atoms with van der Waals surface area (Å²) in [6, 6.07) is 16.3. The van der Waals surface area contributed by atoms with E-state index in [-0.39, 0.29) is 0 Å². The molecule has 0 bridgehead atoms. The van der Waals surface area contributed by atoms with Crippen molar-refractivity contribution >= 4 is 38.7 Å². The van der Waals surface area contributed by atoms with Gasteiger partial charge < -0.3 is 14.3 Å². The number of carbonyl (C=O) groups is 2. The van der Waals surface area contributed by atoms with Crippen LogP contribution in [0.15, 0.2) is 59.1 Å². The molecule has 144 valence electrons. The minimum absolute atomic E-state index is 0.466. The Hall–Kier alpha value is -3.13. The van der Waals surface area contributed by atoms with Gasteiger partial charge in [-0.05, 0) is 49.4 Å². The molecular formula is C20H17BrN2O5. The lowest BCUT2D eigenvalue weighted by atomic mass is 10.2. The van der Waals surface area contributed by atoms with Gasteiger partial charge in [-0.25, -0.2) is 4.98 Å². The van der Waals surface area contributed by atoms with Crippen LogP contribution in [0, 0.1) is 0 Å². The van der Waals surface area contributed by atoms with Crippen molar-refractivity contribution < 1.29 is 23.9 Å². The van der Waals surface area contributed by atoms with Gasteiger partial charge in [0.2, 0.25) is 5.88 Å². The minimum atomic E-state index is -0.841. The van der Waals surface area contributed by atoms with E-state index >= 15 is 0 Å². The highest BCUT2D eigenvalue weighted by Crippen LogP contribution is 2.26. The van der Waals surface area contributed by atoms with Crippen molar-refractivity contribution in [3.63, 3.8) is 0 Å². The predicted molar refractivity (Wildman–Crippen MR) is 106 cm³/mol. The molecule has 0 spiro atoms. The Kier molecular flexibility index (Phi) is 6.10. The maximum Gasteiger partial charge on any atom is 0.329 e. The fourth-order valence-electron chi connectivity index (χ4n) is 2.30. The van der Waals surface area contributed by atoms with Crippen molar-refractivity contribution in [2.75, 3.05) is 0 Å². The smallest absolute Gasteiger partial charge is 0.329 e. The number of amides is 1. The second-order valence-electron chi connectivity index (χ2n) is 5.88. The maximum atomic E-state index is 11.7.